The molecule has 0 atom stereocenters. The van der Waals surface area contributed by atoms with E-state index in [1.165, 1.54) is 24.3 Å². The first-order valence-corrected chi connectivity index (χ1v) is 7.30. The molecule has 0 saturated carbocycles. The van der Waals surface area contributed by atoms with Crippen molar-refractivity contribution in [1.29, 1.82) is 0 Å². The Morgan fingerprint density at radius 3 is 2.75 bits per heavy atom. The van der Waals surface area contributed by atoms with Crippen molar-refractivity contribution in [1.82, 2.24) is 4.98 Å². The highest BCUT2D eigenvalue weighted by molar-refractivity contribution is 5.86. The van der Waals surface area contributed by atoms with Crippen molar-refractivity contribution in [2.24, 2.45) is 0 Å². The van der Waals surface area contributed by atoms with Crippen LogP contribution in [0.15, 0.2) is 59.0 Å². The maximum atomic E-state index is 13.3. The number of fused-ring (bicyclic) bond motifs is 1. The van der Waals surface area contributed by atoms with Crippen LogP contribution in [-0.2, 0) is 9.53 Å². The SMILES string of the molecule is O=C(/C=C/c1nc2ccccc2o1)OCCOc1ccccc1F. The Hall–Kier alpha value is -3.15. The van der Waals surface area contributed by atoms with Crippen molar-refractivity contribution in [2.75, 3.05) is 13.2 Å². The highest BCUT2D eigenvalue weighted by Crippen LogP contribution is 2.16. The Morgan fingerprint density at radius 2 is 1.92 bits per heavy atom. The third-order valence-corrected chi connectivity index (χ3v) is 3.09. The first-order chi connectivity index (χ1) is 11.7. The van der Waals surface area contributed by atoms with Gasteiger partial charge >= 0.3 is 5.97 Å². The number of esters is 1. The third kappa shape index (κ3) is 3.98. The second-order valence-electron chi connectivity index (χ2n) is 4.80. The van der Waals surface area contributed by atoms with Crippen molar-refractivity contribution in [3.63, 3.8) is 0 Å². The lowest BCUT2D eigenvalue weighted by atomic mass is 10.3. The van der Waals surface area contributed by atoms with Gasteiger partial charge in [-0.2, -0.15) is 0 Å². The number of carbonyl (C=O) groups is 1. The van der Waals surface area contributed by atoms with Crippen LogP contribution in [0.4, 0.5) is 4.39 Å². The van der Waals surface area contributed by atoms with Crippen LogP contribution in [0.25, 0.3) is 17.2 Å². The zero-order chi connectivity index (χ0) is 16.8. The number of oxazole rings is 1. The lowest BCUT2D eigenvalue weighted by Crippen LogP contribution is -2.10. The molecule has 3 rings (SSSR count). The molecular formula is C18H14FNO4. The molecule has 122 valence electrons. The summed E-state index contributed by atoms with van der Waals surface area (Å²) in [4.78, 5) is 15.8. The van der Waals surface area contributed by atoms with Gasteiger partial charge in [0.1, 0.15) is 18.7 Å². The monoisotopic (exact) mass is 327 g/mol. The van der Waals surface area contributed by atoms with E-state index in [0.717, 1.165) is 0 Å². The summed E-state index contributed by atoms with van der Waals surface area (Å²) in [7, 11) is 0. The largest absolute Gasteiger partial charge is 0.487 e. The molecule has 0 aliphatic rings. The summed E-state index contributed by atoms with van der Waals surface area (Å²) in [5, 5.41) is 0. The van der Waals surface area contributed by atoms with Crippen molar-refractivity contribution in [3.8, 4) is 5.75 Å². The molecule has 1 heterocycles. The number of para-hydroxylation sites is 3. The molecule has 1 aromatic heterocycles. The Balaban J connectivity index is 1.46. The van der Waals surface area contributed by atoms with Gasteiger partial charge in [0.25, 0.3) is 0 Å². The Morgan fingerprint density at radius 1 is 1.12 bits per heavy atom. The molecule has 0 saturated heterocycles. The second-order valence-corrected chi connectivity index (χ2v) is 4.80. The molecule has 24 heavy (non-hydrogen) atoms. The molecule has 6 heteroatoms. The molecule has 5 nitrogen and oxygen atoms in total. The minimum atomic E-state index is -0.561. The molecule has 0 radical (unpaired) electrons. The Kier molecular flexibility index (Phi) is 4.86. The fourth-order valence-electron chi connectivity index (χ4n) is 2.00. The summed E-state index contributed by atoms with van der Waals surface area (Å²) in [5.41, 5.74) is 1.35. The van der Waals surface area contributed by atoms with Gasteiger partial charge in [-0.1, -0.05) is 24.3 Å². The number of hydrogen-bond donors (Lipinski definition) is 0. The number of hydrogen-bond acceptors (Lipinski definition) is 5. The quantitative estimate of drug-likeness (QED) is 0.393. The number of halogens is 1. The molecule has 0 bridgehead atoms. The molecule has 0 N–H and O–H groups in total. The standard InChI is InChI=1S/C18H14FNO4/c19-13-5-1-3-7-15(13)22-11-12-23-18(21)10-9-17-20-14-6-2-4-8-16(14)24-17/h1-10H,11-12H2/b10-9+. The van der Waals surface area contributed by atoms with Crippen LogP contribution in [0, 0.1) is 5.82 Å². The lowest BCUT2D eigenvalue weighted by molar-refractivity contribution is -0.138. The molecule has 0 amide bonds. The van der Waals surface area contributed by atoms with Crippen molar-refractivity contribution in [2.45, 2.75) is 0 Å². The van der Waals surface area contributed by atoms with E-state index in [4.69, 9.17) is 13.9 Å². The van der Waals surface area contributed by atoms with Crippen molar-refractivity contribution in [3.05, 3.63) is 66.3 Å². The highest BCUT2D eigenvalue weighted by atomic mass is 19.1. The third-order valence-electron chi connectivity index (χ3n) is 3.09. The molecular weight excluding hydrogens is 313 g/mol. The smallest absolute Gasteiger partial charge is 0.331 e. The minimum absolute atomic E-state index is 0.00503. The fourth-order valence-corrected chi connectivity index (χ4v) is 2.00. The van der Waals surface area contributed by atoms with E-state index in [0.29, 0.717) is 17.0 Å². The Labute approximate surface area is 137 Å². The first-order valence-electron chi connectivity index (χ1n) is 7.30. The maximum Gasteiger partial charge on any atom is 0.331 e. The molecule has 0 fully saturated rings. The van der Waals surface area contributed by atoms with Gasteiger partial charge in [0.15, 0.2) is 17.1 Å². The normalized spacial score (nSPS) is 11.0. The van der Waals surface area contributed by atoms with Crippen LogP contribution in [-0.4, -0.2) is 24.2 Å². The predicted octanol–water partition coefficient (Wildman–Crippen LogP) is 3.60. The van der Waals surface area contributed by atoms with E-state index < -0.39 is 11.8 Å². The fraction of sp³-hybridized carbons (Fsp3) is 0.111. The second kappa shape index (κ2) is 7.41. The van der Waals surface area contributed by atoms with E-state index in [2.05, 4.69) is 4.98 Å². The zero-order valence-electron chi connectivity index (χ0n) is 12.6. The predicted molar refractivity (Wildman–Crippen MR) is 85.9 cm³/mol. The average molecular weight is 327 g/mol. The van der Waals surface area contributed by atoms with Gasteiger partial charge in [-0.15, -0.1) is 0 Å². The van der Waals surface area contributed by atoms with Crippen LogP contribution in [0.1, 0.15) is 5.89 Å². The van der Waals surface area contributed by atoms with Crippen molar-refractivity contribution >= 4 is 23.1 Å². The number of carbonyl (C=O) groups excluding carboxylic acids is 1. The number of aromatic nitrogens is 1. The van der Waals surface area contributed by atoms with Gasteiger partial charge < -0.3 is 13.9 Å². The molecule has 0 aliphatic carbocycles. The van der Waals surface area contributed by atoms with Crippen LogP contribution in [0.3, 0.4) is 0 Å². The molecule has 2 aromatic carbocycles. The summed E-state index contributed by atoms with van der Waals surface area (Å²) in [6.07, 6.45) is 2.65. The number of ether oxygens (including phenoxy) is 2. The number of nitrogens with zero attached hydrogens (tertiary/aromatic N) is 1. The van der Waals surface area contributed by atoms with Gasteiger partial charge in [-0.25, -0.2) is 14.2 Å². The van der Waals surface area contributed by atoms with Crippen LogP contribution < -0.4 is 4.74 Å². The summed E-state index contributed by atoms with van der Waals surface area (Å²) >= 11 is 0. The van der Waals surface area contributed by atoms with Crippen LogP contribution in [0.2, 0.25) is 0 Å². The van der Waals surface area contributed by atoms with E-state index in [1.807, 2.05) is 18.2 Å². The summed E-state index contributed by atoms with van der Waals surface area (Å²) in [6.45, 7) is 0.0640. The molecule has 0 spiro atoms. The Bertz CT molecular complexity index is 839. The number of rotatable bonds is 6. The summed E-state index contributed by atoms with van der Waals surface area (Å²) < 4.78 is 28.9. The molecule has 0 aliphatic heterocycles. The number of benzene rings is 2. The summed E-state index contributed by atoms with van der Waals surface area (Å²) in [5.74, 6) is -0.583. The topological polar surface area (TPSA) is 61.6 Å². The summed E-state index contributed by atoms with van der Waals surface area (Å²) in [6, 6.07) is 13.3. The van der Waals surface area contributed by atoms with Gasteiger partial charge in [-0.3, -0.25) is 0 Å². The van der Waals surface area contributed by atoms with E-state index in [1.54, 1.807) is 18.2 Å². The van der Waals surface area contributed by atoms with E-state index >= 15 is 0 Å². The average Bonchev–Trinajstić information content (AvgIpc) is 3.01. The highest BCUT2D eigenvalue weighted by Gasteiger charge is 2.04. The first kappa shape index (κ1) is 15.7. The van der Waals surface area contributed by atoms with Crippen molar-refractivity contribution < 1.29 is 23.1 Å². The van der Waals surface area contributed by atoms with E-state index in [-0.39, 0.29) is 19.0 Å². The van der Waals surface area contributed by atoms with E-state index in [9.17, 15) is 9.18 Å². The zero-order valence-corrected chi connectivity index (χ0v) is 12.6. The minimum Gasteiger partial charge on any atom is -0.487 e. The van der Waals surface area contributed by atoms with Crippen LogP contribution >= 0.6 is 0 Å². The lowest BCUT2D eigenvalue weighted by Gasteiger charge is -2.06. The van der Waals surface area contributed by atoms with Crippen LogP contribution in [0.5, 0.6) is 5.75 Å². The van der Waals surface area contributed by atoms with Gasteiger partial charge in [0, 0.05) is 12.2 Å². The maximum absolute atomic E-state index is 13.3. The van der Waals surface area contributed by atoms with Gasteiger partial charge in [0.05, 0.1) is 0 Å². The molecule has 3 aromatic rings. The van der Waals surface area contributed by atoms with Gasteiger partial charge in [0.2, 0.25) is 5.89 Å². The van der Waals surface area contributed by atoms with Gasteiger partial charge in [-0.05, 0) is 24.3 Å². The molecule has 0 unspecified atom stereocenters.